The minimum absolute atomic E-state index is 0.00440. The highest BCUT2D eigenvalue weighted by atomic mass is 16.5. The van der Waals surface area contributed by atoms with Gasteiger partial charge in [-0.25, -0.2) is 4.98 Å². The maximum atomic E-state index is 12.9. The standard InChI is InChI=1S/C22H31N3O2/c1-4-5-10-27-20-16-6-7-17(20)13-18(12-16)24-22(26)19-8-9-25-15(3)11-14(2)23-21(19)25/h8-9,11,16-18,20H,4-7,10,12-13H2,1-3H3,(H,24,26). The van der Waals surface area contributed by atoms with Crippen molar-refractivity contribution in [2.45, 2.75) is 71.4 Å². The molecule has 5 nitrogen and oxygen atoms in total. The first-order valence-electron chi connectivity index (χ1n) is 10.4. The van der Waals surface area contributed by atoms with Gasteiger partial charge in [0.25, 0.3) is 5.91 Å². The van der Waals surface area contributed by atoms with Crippen molar-refractivity contribution in [2.75, 3.05) is 6.61 Å². The fourth-order valence-electron chi connectivity index (χ4n) is 5.06. The fourth-order valence-corrected chi connectivity index (χ4v) is 5.06. The number of amides is 1. The number of rotatable bonds is 6. The van der Waals surface area contributed by atoms with Gasteiger partial charge in [-0.15, -0.1) is 0 Å². The third kappa shape index (κ3) is 3.62. The molecule has 2 aliphatic rings. The first kappa shape index (κ1) is 18.5. The minimum atomic E-state index is 0.00440. The van der Waals surface area contributed by atoms with E-state index in [1.165, 1.54) is 19.3 Å². The summed E-state index contributed by atoms with van der Waals surface area (Å²) < 4.78 is 8.18. The highest BCUT2D eigenvalue weighted by Gasteiger charge is 2.43. The summed E-state index contributed by atoms with van der Waals surface area (Å²) in [5.41, 5.74) is 3.47. The Bertz CT molecular complexity index is 814. The average molecular weight is 370 g/mol. The van der Waals surface area contributed by atoms with E-state index in [4.69, 9.17) is 4.74 Å². The molecule has 2 fully saturated rings. The summed E-state index contributed by atoms with van der Waals surface area (Å²) in [4.78, 5) is 17.5. The Labute approximate surface area is 161 Å². The number of unbranched alkanes of at least 4 members (excludes halogenated alkanes) is 1. The molecule has 2 unspecified atom stereocenters. The van der Waals surface area contributed by atoms with Crippen LogP contribution in [0.25, 0.3) is 5.65 Å². The van der Waals surface area contributed by atoms with Crippen LogP contribution in [0.1, 0.15) is 67.2 Å². The number of hydrogen-bond acceptors (Lipinski definition) is 3. The summed E-state index contributed by atoms with van der Waals surface area (Å²) in [6.45, 7) is 7.10. The number of nitrogens with zero attached hydrogens (tertiary/aromatic N) is 2. The number of carbonyl (C=O) groups excluding carboxylic acids is 1. The molecule has 0 aromatic carbocycles. The third-order valence-corrected chi connectivity index (χ3v) is 6.34. The van der Waals surface area contributed by atoms with Gasteiger partial charge >= 0.3 is 0 Å². The molecular formula is C22H31N3O2. The predicted octanol–water partition coefficient (Wildman–Crippen LogP) is 4.05. The molecule has 1 amide bonds. The SMILES string of the molecule is CCCCOC1C2CCC1CC(NC(=O)c1ccn3c(C)cc(C)nc13)C2. The lowest BCUT2D eigenvalue weighted by Crippen LogP contribution is -2.44. The lowest BCUT2D eigenvalue weighted by molar-refractivity contribution is -0.0263. The van der Waals surface area contributed by atoms with Crippen LogP contribution in [0, 0.1) is 25.7 Å². The van der Waals surface area contributed by atoms with E-state index >= 15 is 0 Å². The zero-order valence-corrected chi connectivity index (χ0v) is 16.7. The summed E-state index contributed by atoms with van der Waals surface area (Å²) in [6.07, 6.45) is 9.22. The van der Waals surface area contributed by atoms with E-state index in [0.29, 0.717) is 23.5 Å². The quantitative estimate of drug-likeness (QED) is 0.782. The molecule has 2 aromatic heterocycles. The van der Waals surface area contributed by atoms with Crippen molar-refractivity contribution in [2.24, 2.45) is 11.8 Å². The van der Waals surface area contributed by atoms with Crippen LogP contribution in [-0.4, -0.2) is 34.0 Å². The summed E-state index contributed by atoms with van der Waals surface area (Å²) in [7, 11) is 0. The number of fused-ring (bicyclic) bond motifs is 3. The van der Waals surface area contributed by atoms with Crippen molar-refractivity contribution in [3.63, 3.8) is 0 Å². The van der Waals surface area contributed by atoms with Crippen LogP contribution in [0.3, 0.4) is 0 Å². The Hall–Kier alpha value is -1.88. The van der Waals surface area contributed by atoms with Crippen LogP contribution in [0.4, 0.5) is 0 Å². The Morgan fingerprint density at radius 1 is 1.30 bits per heavy atom. The number of hydrogen-bond donors (Lipinski definition) is 1. The van der Waals surface area contributed by atoms with E-state index in [1.54, 1.807) is 0 Å². The van der Waals surface area contributed by atoms with Crippen LogP contribution in [0.15, 0.2) is 18.3 Å². The van der Waals surface area contributed by atoms with E-state index in [9.17, 15) is 4.79 Å². The van der Waals surface area contributed by atoms with E-state index in [-0.39, 0.29) is 11.9 Å². The molecule has 0 saturated heterocycles. The molecule has 0 radical (unpaired) electrons. The van der Waals surface area contributed by atoms with Gasteiger partial charge in [0.1, 0.15) is 5.65 Å². The number of aryl methyl sites for hydroxylation is 2. The van der Waals surface area contributed by atoms with Crippen molar-refractivity contribution in [1.29, 1.82) is 0 Å². The molecule has 146 valence electrons. The lowest BCUT2D eigenvalue weighted by atomic mass is 9.82. The number of carbonyl (C=O) groups is 1. The van der Waals surface area contributed by atoms with Crippen molar-refractivity contribution in [1.82, 2.24) is 14.7 Å². The van der Waals surface area contributed by atoms with Crippen molar-refractivity contribution in [3.8, 4) is 0 Å². The fraction of sp³-hybridized carbons (Fsp3) is 0.636. The maximum absolute atomic E-state index is 12.9. The smallest absolute Gasteiger partial charge is 0.255 e. The van der Waals surface area contributed by atoms with Gasteiger partial charge in [-0.05, 0) is 69.9 Å². The van der Waals surface area contributed by atoms with Crippen LogP contribution >= 0.6 is 0 Å². The summed E-state index contributed by atoms with van der Waals surface area (Å²) >= 11 is 0. The molecule has 0 aliphatic heterocycles. The molecule has 1 N–H and O–H groups in total. The van der Waals surface area contributed by atoms with Gasteiger partial charge in [0.05, 0.1) is 11.7 Å². The van der Waals surface area contributed by atoms with Gasteiger partial charge in [0.2, 0.25) is 0 Å². The summed E-state index contributed by atoms with van der Waals surface area (Å²) in [5.74, 6) is 1.20. The van der Waals surface area contributed by atoms with Crippen LogP contribution in [-0.2, 0) is 4.74 Å². The van der Waals surface area contributed by atoms with E-state index in [2.05, 4.69) is 17.2 Å². The normalized spacial score (nSPS) is 27.2. The molecule has 2 atom stereocenters. The molecular weight excluding hydrogens is 338 g/mol. The molecule has 4 rings (SSSR count). The largest absolute Gasteiger partial charge is 0.378 e. The molecule has 2 aromatic rings. The molecule has 5 heteroatoms. The number of ether oxygens (including phenoxy) is 1. The van der Waals surface area contributed by atoms with Gasteiger partial charge in [-0.3, -0.25) is 4.79 Å². The highest BCUT2D eigenvalue weighted by Crippen LogP contribution is 2.44. The van der Waals surface area contributed by atoms with E-state index in [0.717, 1.165) is 42.9 Å². The second-order valence-corrected chi connectivity index (χ2v) is 8.39. The van der Waals surface area contributed by atoms with Gasteiger partial charge in [0, 0.05) is 30.2 Å². The van der Waals surface area contributed by atoms with Gasteiger partial charge in [-0.1, -0.05) is 13.3 Å². The molecule has 2 bridgehead atoms. The third-order valence-electron chi connectivity index (χ3n) is 6.34. The topological polar surface area (TPSA) is 55.6 Å². The van der Waals surface area contributed by atoms with Crippen molar-refractivity contribution >= 4 is 11.6 Å². The molecule has 2 heterocycles. The lowest BCUT2D eigenvalue weighted by Gasteiger charge is -2.35. The second kappa shape index (κ2) is 7.63. The highest BCUT2D eigenvalue weighted by molar-refractivity contribution is 6.00. The molecule has 2 aliphatic carbocycles. The van der Waals surface area contributed by atoms with Gasteiger partial charge < -0.3 is 14.5 Å². The van der Waals surface area contributed by atoms with Gasteiger partial charge in [0.15, 0.2) is 0 Å². The first-order valence-corrected chi connectivity index (χ1v) is 10.4. The van der Waals surface area contributed by atoms with Crippen LogP contribution in [0.2, 0.25) is 0 Å². The predicted molar refractivity (Wildman–Crippen MR) is 106 cm³/mol. The summed E-state index contributed by atoms with van der Waals surface area (Å²) in [6, 6.07) is 4.17. The Balaban J connectivity index is 1.43. The Morgan fingerprint density at radius 3 is 2.74 bits per heavy atom. The molecule has 0 spiro atoms. The molecule has 2 saturated carbocycles. The monoisotopic (exact) mass is 369 g/mol. The summed E-state index contributed by atoms with van der Waals surface area (Å²) in [5, 5.41) is 3.29. The van der Waals surface area contributed by atoms with E-state index < -0.39 is 0 Å². The number of nitrogens with one attached hydrogen (secondary N) is 1. The average Bonchev–Trinajstić information content (AvgIpc) is 3.14. The first-order chi connectivity index (χ1) is 13.1. The van der Waals surface area contributed by atoms with Crippen LogP contribution in [0.5, 0.6) is 0 Å². The number of aromatic nitrogens is 2. The Morgan fingerprint density at radius 2 is 2.04 bits per heavy atom. The zero-order chi connectivity index (χ0) is 19.0. The van der Waals surface area contributed by atoms with Crippen LogP contribution < -0.4 is 5.32 Å². The van der Waals surface area contributed by atoms with Crippen molar-refractivity contribution in [3.05, 3.63) is 35.3 Å². The Kier molecular flexibility index (Phi) is 5.22. The van der Waals surface area contributed by atoms with Crippen molar-refractivity contribution < 1.29 is 9.53 Å². The second-order valence-electron chi connectivity index (χ2n) is 8.39. The molecule has 27 heavy (non-hydrogen) atoms. The zero-order valence-electron chi connectivity index (χ0n) is 16.7. The maximum Gasteiger partial charge on any atom is 0.255 e. The van der Waals surface area contributed by atoms with E-state index in [1.807, 2.05) is 36.6 Å². The minimum Gasteiger partial charge on any atom is -0.378 e. The van der Waals surface area contributed by atoms with Gasteiger partial charge in [-0.2, -0.15) is 0 Å².